The second-order valence-electron chi connectivity index (χ2n) is 6.55. The van der Waals surface area contributed by atoms with Crippen LogP contribution in [0.2, 0.25) is 0 Å². The number of aromatic nitrogens is 1. The van der Waals surface area contributed by atoms with Crippen molar-refractivity contribution in [2.75, 3.05) is 11.1 Å². The van der Waals surface area contributed by atoms with Gasteiger partial charge in [-0.05, 0) is 49.7 Å². The highest BCUT2D eigenvalue weighted by Gasteiger charge is 2.30. The number of nitrogen functional groups attached to an aromatic ring is 1. The van der Waals surface area contributed by atoms with Gasteiger partial charge in [-0.15, -0.1) is 5.11 Å². The van der Waals surface area contributed by atoms with E-state index in [9.17, 15) is 18.4 Å². The minimum atomic E-state index is -4.49. The minimum absolute atomic E-state index is 0.0565. The van der Waals surface area contributed by atoms with Gasteiger partial charge in [0.2, 0.25) is 0 Å². The zero-order chi connectivity index (χ0) is 21.9. The molecule has 0 saturated heterocycles. The second kappa shape index (κ2) is 8.21. The molecule has 0 unspecified atom stereocenters. The van der Waals surface area contributed by atoms with Gasteiger partial charge in [-0.2, -0.15) is 23.5 Å². The quantitative estimate of drug-likeness (QED) is 0.491. The molecule has 0 bridgehead atoms. The first-order valence-electron chi connectivity index (χ1n) is 8.82. The number of anilines is 3. The van der Waals surface area contributed by atoms with Crippen LogP contribution in [0, 0.1) is 25.2 Å². The maximum atomic E-state index is 13.0. The maximum Gasteiger partial charge on any atom is 0.416 e. The van der Waals surface area contributed by atoms with E-state index < -0.39 is 11.7 Å². The molecule has 2 aromatic carbocycles. The van der Waals surface area contributed by atoms with Gasteiger partial charge in [0, 0.05) is 11.3 Å². The van der Waals surface area contributed by atoms with Crippen LogP contribution in [0.4, 0.5) is 41.9 Å². The summed E-state index contributed by atoms with van der Waals surface area (Å²) in [4.78, 5) is 4.13. The van der Waals surface area contributed by atoms with E-state index >= 15 is 0 Å². The Labute approximate surface area is 170 Å². The first kappa shape index (κ1) is 20.8. The third kappa shape index (κ3) is 4.55. The molecule has 3 N–H and O–H groups in total. The van der Waals surface area contributed by atoms with E-state index in [1.54, 1.807) is 13.0 Å². The lowest BCUT2D eigenvalue weighted by atomic mass is 10.1. The predicted octanol–water partition coefficient (Wildman–Crippen LogP) is 6.33. The molecular weight excluding hydrogens is 393 g/mol. The van der Waals surface area contributed by atoms with Crippen LogP contribution in [0.3, 0.4) is 0 Å². The molecule has 9 heteroatoms. The lowest BCUT2D eigenvalue weighted by Gasteiger charge is -2.14. The van der Waals surface area contributed by atoms with Crippen LogP contribution in [0.25, 0.3) is 0 Å². The second-order valence-corrected chi connectivity index (χ2v) is 6.55. The molecule has 0 aliphatic carbocycles. The largest absolute Gasteiger partial charge is 0.416 e. The summed E-state index contributed by atoms with van der Waals surface area (Å²) in [5, 5.41) is 20.6. The lowest BCUT2D eigenvalue weighted by Crippen LogP contribution is -2.06. The average molecular weight is 410 g/mol. The summed E-state index contributed by atoms with van der Waals surface area (Å²) in [7, 11) is 0. The van der Waals surface area contributed by atoms with Crippen LogP contribution in [0.1, 0.15) is 22.3 Å². The number of nitrogens with two attached hydrogens (primary N) is 1. The molecular formula is C21H17F3N6. The Morgan fingerprint density at radius 2 is 1.80 bits per heavy atom. The molecule has 0 saturated carbocycles. The van der Waals surface area contributed by atoms with E-state index in [1.807, 2.05) is 31.2 Å². The van der Waals surface area contributed by atoms with Gasteiger partial charge in [-0.1, -0.05) is 18.2 Å². The third-order valence-electron chi connectivity index (χ3n) is 4.27. The Balaban J connectivity index is 2.07. The molecule has 0 aliphatic heterocycles. The van der Waals surface area contributed by atoms with E-state index in [0.29, 0.717) is 11.3 Å². The molecule has 1 aromatic heterocycles. The average Bonchev–Trinajstić information content (AvgIpc) is 2.67. The molecule has 152 valence electrons. The smallest absolute Gasteiger partial charge is 0.383 e. The fourth-order valence-electron chi connectivity index (χ4n) is 2.78. The summed E-state index contributed by atoms with van der Waals surface area (Å²) >= 11 is 0. The summed E-state index contributed by atoms with van der Waals surface area (Å²) in [6, 6.07) is 13.9. The van der Waals surface area contributed by atoms with Gasteiger partial charge in [0.15, 0.2) is 5.82 Å². The SMILES string of the molecule is Cc1cccc(/N=N/c2c(Nc3cccc(C(F)(F)F)c3)nc(N)c(C#N)c2C)c1. The van der Waals surface area contributed by atoms with Crippen molar-refractivity contribution in [3.8, 4) is 6.07 Å². The van der Waals surface area contributed by atoms with E-state index in [0.717, 1.165) is 17.7 Å². The Bertz CT molecular complexity index is 1160. The van der Waals surface area contributed by atoms with Crippen LogP contribution < -0.4 is 11.1 Å². The van der Waals surface area contributed by atoms with Crippen molar-refractivity contribution in [2.24, 2.45) is 10.2 Å². The Kier molecular flexibility index (Phi) is 5.69. The Hall–Kier alpha value is -3.93. The normalized spacial score (nSPS) is 11.5. The van der Waals surface area contributed by atoms with Crippen molar-refractivity contribution in [3.05, 3.63) is 70.8 Å². The number of hydrogen-bond acceptors (Lipinski definition) is 6. The highest BCUT2D eigenvalue weighted by Crippen LogP contribution is 2.37. The van der Waals surface area contributed by atoms with Crippen LogP contribution in [0.5, 0.6) is 0 Å². The van der Waals surface area contributed by atoms with Crippen molar-refractivity contribution in [1.82, 2.24) is 4.98 Å². The standard InChI is InChI=1S/C21H17F3N6/c1-12-5-3-8-16(9-12)29-30-18-13(2)17(11-25)19(26)28-20(18)27-15-7-4-6-14(10-15)21(22,23)24/h3-10H,1-2H3,(H3,26,27,28)/b30-29+. The number of alkyl halides is 3. The number of nitrogens with zero attached hydrogens (tertiary/aromatic N) is 4. The maximum absolute atomic E-state index is 13.0. The van der Waals surface area contributed by atoms with Gasteiger partial charge >= 0.3 is 6.18 Å². The summed E-state index contributed by atoms with van der Waals surface area (Å²) in [5.41, 5.74) is 7.50. The fraction of sp³-hybridized carbons (Fsp3) is 0.143. The van der Waals surface area contributed by atoms with Crippen molar-refractivity contribution in [3.63, 3.8) is 0 Å². The Morgan fingerprint density at radius 3 is 2.47 bits per heavy atom. The summed E-state index contributed by atoms with van der Waals surface area (Å²) in [6.45, 7) is 3.53. The molecule has 3 rings (SSSR count). The molecule has 3 aromatic rings. The number of benzene rings is 2. The van der Waals surface area contributed by atoms with Crippen molar-refractivity contribution in [2.45, 2.75) is 20.0 Å². The van der Waals surface area contributed by atoms with Crippen LogP contribution in [-0.2, 0) is 6.18 Å². The van der Waals surface area contributed by atoms with Crippen molar-refractivity contribution >= 4 is 28.7 Å². The number of rotatable bonds is 4. The van der Waals surface area contributed by atoms with Crippen LogP contribution >= 0.6 is 0 Å². The first-order valence-corrected chi connectivity index (χ1v) is 8.82. The molecule has 0 fully saturated rings. The molecule has 0 aliphatic rings. The summed E-state index contributed by atoms with van der Waals surface area (Å²) < 4.78 is 39.1. The molecule has 0 spiro atoms. The van der Waals surface area contributed by atoms with Crippen molar-refractivity contribution in [1.29, 1.82) is 5.26 Å². The Morgan fingerprint density at radius 1 is 1.07 bits per heavy atom. The van der Waals surface area contributed by atoms with E-state index in [1.165, 1.54) is 12.1 Å². The zero-order valence-corrected chi connectivity index (χ0v) is 16.1. The minimum Gasteiger partial charge on any atom is -0.383 e. The number of halogens is 3. The third-order valence-corrected chi connectivity index (χ3v) is 4.27. The molecule has 6 nitrogen and oxygen atoms in total. The molecule has 0 atom stereocenters. The number of pyridine rings is 1. The van der Waals surface area contributed by atoms with Gasteiger partial charge in [-0.25, -0.2) is 4.98 Å². The first-order chi connectivity index (χ1) is 14.2. The predicted molar refractivity (Wildman–Crippen MR) is 108 cm³/mol. The van der Waals surface area contributed by atoms with Crippen LogP contribution in [0.15, 0.2) is 58.8 Å². The number of hydrogen-bond donors (Lipinski definition) is 2. The van der Waals surface area contributed by atoms with Crippen LogP contribution in [-0.4, -0.2) is 4.98 Å². The molecule has 0 radical (unpaired) electrons. The van der Waals surface area contributed by atoms with Gasteiger partial charge in [-0.3, -0.25) is 0 Å². The zero-order valence-electron chi connectivity index (χ0n) is 16.1. The number of nitrogens with one attached hydrogen (secondary N) is 1. The highest BCUT2D eigenvalue weighted by molar-refractivity contribution is 5.77. The number of azo groups is 1. The van der Waals surface area contributed by atoms with E-state index in [2.05, 4.69) is 20.5 Å². The van der Waals surface area contributed by atoms with Gasteiger partial charge in [0.05, 0.1) is 16.8 Å². The number of nitriles is 1. The van der Waals surface area contributed by atoms with Gasteiger partial charge < -0.3 is 11.1 Å². The fourth-order valence-corrected chi connectivity index (χ4v) is 2.78. The summed E-state index contributed by atoms with van der Waals surface area (Å²) in [5.74, 6) is 0.0405. The van der Waals surface area contributed by atoms with E-state index in [4.69, 9.17) is 5.73 Å². The topological polar surface area (TPSA) is 99.4 Å². The van der Waals surface area contributed by atoms with Gasteiger partial charge in [0.25, 0.3) is 0 Å². The van der Waals surface area contributed by atoms with E-state index in [-0.39, 0.29) is 28.6 Å². The highest BCUT2D eigenvalue weighted by atomic mass is 19.4. The molecule has 0 amide bonds. The van der Waals surface area contributed by atoms with Gasteiger partial charge in [0.1, 0.15) is 17.6 Å². The monoisotopic (exact) mass is 410 g/mol. The molecule has 30 heavy (non-hydrogen) atoms. The summed E-state index contributed by atoms with van der Waals surface area (Å²) in [6.07, 6.45) is -4.49. The number of aryl methyl sites for hydroxylation is 1. The van der Waals surface area contributed by atoms with Crippen molar-refractivity contribution < 1.29 is 13.2 Å². The lowest BCUT2D eigenvalue weighted by molar-refractivity contribution is -0.137. The molecule has 1 heterocycles.